The molecular formula is C17H22N2O2. The first-order valence-corrected chi connectivity index (χ1v) is 8.13. The summed E-state index contributed by atoms with van der Waals surface area (Å²) < 4.78 is 5.82. The largest absolute Gasteiger partial charge is 0.385 e. The molecule has 2 atom stereocenters. The Bertz CT molecular complexity index is 558. The Morgan fingerprint density at radius 3 is 3.19 bits per heavy atom. The molecule has 0 bridgehead atoms. The van der Waals surface area contributed by atoms with E-state index in [4.69, 9.17) is 4.74 Å². The van der Waals surface area contributed by atoms with Crippen molar-refractivity contribution < 1.29 is 9.53 Å². The van der Waals surface area contributed by atoms with Crippen LogP contribution in [0.3, 0.4) is 0 Å². The third-order valence-electron chi connectivity index (χ3n) is 5.07. The lowest BCUT2D eigenvalue weighted by Gasteiger charge is -2.38. The van der Waals surface area contributed by atoms with Crippen LogP contribution in [0, 0.1) is 0 Å². The van der Waals surface area contributed by atoms with E-state index in [9.17, 15) is 4.79 Å². The van der Waals surface area contributed by atoms with Crippen LogP contribution in [0.25, 0.3) is 0 Å². The maximum absolute atomic E-state index is 13.1. The first-order valence-electron chi connectivity index (χ1n) is 8.13. The summed E-state index contributed by atoms with van der Waals surface area (Å²) >= 11 is 0. The van der Waals surface area contributed by atoms with E-state index in [0.29, 0.717) is 12.6 Å². The van der Waals surface area contributed by atoms with E-state index >= 15 is 0 Å². The monoisotopic (exact) mass is 286 g/mol. The van der Waals surface area contributed by atoms with Gasteiger partial charge in [0.1, 0.15) is 0 Å². The highest BCUT2D eigenvalue weighted by atomic mass is 16.5. The fourth-order valence-electron chi connectivity index (χ4n) is 4.04. The van der Waals surface area contributed by atoms with E-state index in [1.165, 1.54) is 12.0 Å². The fourth-order valence-corrected chi connectivity index (χ4v) is 4.04. The molecule has 1 aromatic carbocycles. The van der Waals surface area contributed by atoms with Gasteiger partial charge in [-0.15, -0.1) is 0 Å². The fraction of sp³-hybridized carbons (Fsp3) is 0.588. The summed E-state index contributed by atoms with van der Waals surface area (Å²) in [5.74, 6) is 0.204. The maximum atomic E-state index is 13.1. The molecule has 1 aliphatic carbocycles. The Hall–Kier alpha value is -1.55. The number of morpholine rings is 1. The highest BCUT2D eigenvalue weighted by Crippen LogP contribution is 2.32. The molecule has 112 valence electrons. The Labute approximate surface area is 125 Å². The van der Waals surface area contributed by atoms with Gasteiger partial charge in [-0.05, 0) is 49.8 Å². The van der Waals surface area contributed by atoms with Crippen molar-refractivity contribution in [3.8, 4) is 0 Å². The Morgan fingerprint density at radius 1 is 1.29 bits per heavy atom. The van der Waals surface area contributed by atoms with E-state index in [2.05, 4.69) is 16.3 Å². The van der Waals surface area contributed by atoms with Crippen LogP contribution in [0.4, 0.5) is 5.69 Å². The molecule has 21 heavy (non-hydrogen) atoms. The summed E-state index contributed by atoms with van der Waals surface area (Å²) in [7, 11) is 0. The highest BCUT2D eigenvalue weighted by molar-refractivity contribution is 5.97. The third-order valence-corrected chi connectivity index (χ3v) is 5.07. The Kier molecular flexibility index (Phi) is 3.34. The van der Waals surface area contributed by atoms with Crippen molar-refractivity contribution in [3.63, 3.8) is 0 Å². The van der Waals surface area contributed by atoms with E-state index in [1.807, 2.05) is 12.1 Å². The van der Waals surface area contributed by atoms with Gasteiger partial charge in [-0.3, -0.25) is 4.79 Å². The molecule has 1 N–H and O–H groups in total. The predicted molar refractivity (Wildman–Crippen MR) is 81.7 cm³/mol. The minimum atomic E-state index is 0.204. The number of rotatable bonds is 1. The number of nitrogens with zero attached hydrogens (tertiary/aromatic N) is 1. The molecule has 0 aromatic heterocycles. The quantitative estimate of drug-likeness (QED) is 0.862. The third kappa shape index (κ3) is 2.22. The first-order chi connectivity index (χ1) is 10.3. The van der Waals surface area contributed by atoms with Gasteiger partial charge in [-0.25, -0.2) is 0 Å². The van der Waals surface area contributed by atoms with Crippen LogP contribution in [0.2, 0.25) is 0 Å². The number of hydrogen-bond acceptors (Lipinski definition) is 3. The molecule has 2 aliphatic heterocycles. The molecule has 2 unspecified atom stereocenters. The van der Waals surface area contributed by atoms with E-state index in [0.717, 1.165) is 50.0 Å². The van der Waals surface area contributed by atoms with Crippen molar-refractivity contribution in [2.24, 2.45) is 0 Å². The van der Waals surface area contributed by atoms with E-state index < -0.39 is 0 Å². The zero-order valence-electron chi connectivity index (χ0n) is 12.3. The van der Waals surface area contributed by atoms with Gasteiger partial charge in [0.05, 0.1) is 18.8 Å². The molecule has 3 aliphatic rings. The number of carbonyl (C=O) groups excluding carboxylic acids is 1. The lowest BCUT2D eigenvalue weighted by atomic mass is 9.96. The van der Waals surface area contributed by atoms with Gasteiger partial charge in [-0.1, -0.05) is 6.07 Å². The van der Waals surface area contributed by atoms with Crippen molar-refractivity contribution in [1.29, 1.82) is 0 Å². The summed E-state index contributed by atoms with van der Waals surface area (Å²) in [5.41, 5.74) is 3.24. The second-order valence-electron chi connectivity index (χ2n) is 6.27. The lowest BCUT2D eigenvalue weighted by Crippen LogP contribution is -2.51. The standard InChI is InChI=1S/C17H22N2O2/c20-17(19-10-11-21-16-8-2-7-15(16)19)13-4-1-6-14-12(13)5-3-9-18-14/h1,4,6,15-16,18H,2-3,5,7-11H2. The summed E-state index contributed by atoms with van der Waals surface area (Å²) in [6.45, 7) is 2.42. The van der Waals surface area contributed by atoms with Crippen molar-refractivity contribution in [2.75, 3.05) is 25.0 Å². The minimum Gasteiger partial charge on any atom is -0.385 e. The normalized spacial score (nSPS) is 27.7. The second-order valence-corrected chi connectivity index (χ2v) is 6.27. The molecule has 0 radical (unpaired) electrons. The van der Waals surface area contributed by atoms with Crippen LogP contribution < -0.4 is 5.32 Å². The van der Waals surface area contributed by atoms with Gasteiger partial charge in [0.25, 0.3) is 5.91 Å². The molecule has 4 heteroatoms. The molecule has 1 saturated heterocycles. The van der Waals surface area contributed by atoms with Crippen molar-refractivity contribution in [1.82, 2.24) is 4.90 Å². The minimum absolute atomic E-state index is 0.204. The van der Waals surface area contributed by atoms with Gasteiger partial charge in [0.2, 0.25) is 0 Å². The van der Waals surface area contributed by atoms with Gasteiger partial charge in [0.15, 0.2) is 0 Å². The topological polar surface area (TPSA) is 41.6 Å². The predicted octanol–water partition coefficient (Wildman–Crippen LogP) is 2.44. The van der Waals surface area contributed by atoms with E-state index in [1.54, 1.807) is 0 Å². The number of anilines is 1. The average Bonchev–Trinajstić information content (AvgIpc) is 3.02. The molecule has 4 rings (SSSR count). The second kappa shape index (κ2) is 5.34. The van der Waals surface area contributed by atoms with Gasteiger partial charge >= 0.3 is 0 Å². The highest BCUT2D eigenvalue weighted by Gasteiger charge is 2.39. The molecular weight excluding hydrogens is 264 g/mol. The molecule has 4 nitrogen and oxygen atoms in total. The summed E-state index contributed by atoms with van der Waals surface area (Å²) in [6, 6.07) is 6.37. The zero-order valence-corrected chi connectivity index (χ0v) is 12.3. The van der Waals surface area contributed by atoms with Gasteiger partial charge in [-0.2, -0.15) is 0 Å². The van der Waals surface area contributed by atoms with Crippen LogP contribution in [-0.2, 0) is 11.2 Å². The van der Waals surface area contributed by atoms with Crippen molar-refractivity contribution in [2.45, 2.75) is 44.2 Å². The van der Waals surface area contributed by atoms with Crippen molar-refractivity contribution in [3.05, 3.63) is 29.3 Å². The number of amides is 1. The van der Waals surface area contributed by atoms with Gasteiger partial charge < -0.3 is 15.0 Å². The Morgan fingerprint density at radius 2 is 2.24 bits per heavy atom. The molecule has 1 saturated carbocycles. The number of ether oxygens (including phenoxy) is 1. The van der Waals surface area contributed by atoms with Crippen LogP contribution in [-0.4, -0.2) is 42.6 Å². The first kappa shape index (κ1) is 13.1. The van der Waals surface area contributed by atoms with E-state index in [-0.39, 0.29) is 12.0 Å². The van der Waals surface area contributed by atoms with Gasteiger partial charge in [0, 0.05) is 24.3 Å². The summed E-state index contributed by atoms with van der Waals surface area (Å²) in [6.07, 6.45) is 5.73. The van der Waals surface area contributed by atoms with Crippen LogP contribution in [0.5, 0.6) is 0 Å². The number of nitrogens with one attached hydrogen (secondary N) is 1. The lowest BCUT2D eigenvalue weighted by molar-refractivity contribution is -0.0445. The molecule has 1 aromatic rings. The molecule has 2 fully saturated rings. The van der Waals surface area contributed by atoms with Crippen molar-refractivity contribution >= 4 is 11.6 Å². The average molecular weight is 286 g/mol. The number of hydrogen-bond donors (Lipinski definition) is 1. The summed E-state index contributed by atoms with van der Waals surface area (Å²) in [5, 5.41) is 3.41. The number of fused-ring (bicyclic) bond motifs is 2. The molecule has 2 heterocycles. The zero-order chi connectivity index (χ0) is 14.2. The molecule has 1 amide bonds. The Balaban J connectivity index is 1.65. The smallest absolute Gasteiger partial charge is 0.254 e. The maximum Gasteiger partial charge on any atom is 0.254 e. The number of benzene rings is 1. The SMILES string of the molecule is O=C(c1cccc2c1CCCN2)N1CCOC2CCCC21. The number of carbonyl (C=O) groups is 1. The summed E-state index contributed by atoms with van der Waals surface area (Å²) in [4.78, 5) is 15.1. The van der Waals surface area contributed by atoms with Crippen LogP contribution in [0.15, 0.2) is 18.2 Å². The molecule has 0 spiro atoms. The van der Waals surface area contributed by atoms with Crippen LogP contribution >= 0.6 is 0 Å². The van der Waals surface area contributed by atoms with Crippen LogP contribution in [0.1, 0.15) is 41.6 Å².